The Bertz CT molecular complexity index is 1240. The Hall–Kier alpha value is -4.65. The Labute approximate surface area is 251 Å². The third-order valence-corrected chi connectivity index (χ3v) is 7.01. The molecule has 0 saturated carbocycles. The van der Waals surface area contributed by atoms with Gasteiger partial charge in [-0.3, -0.25) is 19.4 Å². The van der Waals surface area contributed by atoms with E-state index in [4.69, 9.17) is 17.2 Å². The molecule has 5 unspecified atom stereocenters. The fourth-order valence-electron chi connectivity index (χ4n) is 4.27. The summed E-state index contributed by atoms with van der Waals surface area (Å²) >= 11 is 0. The highest BCUT2D eigenvalue weighted by molar-refractivity contribution is 5.94. The summed E-state index contributed by atoms with van der Waals surface area (Å²) in [5.74, 6) is -3.50. The number of hydrogen-bond donors (Lipinski definition) is 8. The molecule has 2 rings (SSSR count). The van der Waals surface area contributed by atoms with E-state index in [9.17, 15) is 29.4 Å². The lowest BCUT2D eigenvalue weighted by atomic mass is 9.97. The van der Waals surface area contributed by atoms with Crippen molar-refractivity contribution in [1.82, 2.24) is 16.0 Å². The number of carbonyl (C=O) groups excluding carboxylic acids is 3. The van der Waals surface area contributed by atoms with Crippen molar-refractivity contribution in [3.8, 4) is 5.75 Å². The number of phenolic OH excluding ortho intramolecular Hbond substituents is 1. The van der Waals surface area contributed by atoms with Crippen LogP contribution in [-0.2, 0) is 32.0 Å². The Morgan fingerprint density at radius 1 is 0.837 bits per heavy atom. The molecule has 13 heteroatoms. The number of nitrogens with two attached hydrogens (primary N) is 3. The zero-order valence-electron chi connectivity index (χ0n) is 24.5. The van der Waals surface area contributed by atoms with Gasteiger partial charge in [-0.15, -0.1) is 0 Å². The van der Waals surface area contributed by atoms with Crippen LogP contribution in [-0.4, -0.2) is 70.6 Å². The second kappa shape index (κ2) is 17.3. The first-order valence-corrected chi connectivity index (χ1v) is 14.2. The highest BCUT2D eigenvalue weighted by Crippen LogP contribution is 2.13. The monoisotopic (exact) mass is 597 g/mol. The molecule has 43 heavy (non-hydrogen) atoms. The van der Waals surface area contributed by atoms with Crippen LogP contribution in [0.2, 0.25) is 0 Å². The SMILES string of the molecule is CCC(C)C(NC(=O)C(Cc1ccccc1)NC(=O)C(Cc1ccc(O)cc1)NC(=O)C(N)CCCN=C(N)N)C(=O)O. The quantitative estimate of drug-likeness (QED) is 0.0702. The number of aromatic hydroxyl groups is 1. The molecule has 0 radical (unpaired) electrons. The topological polar surface area (TPSA) is 235 Å². The van der Waals surface area contributed by atoms with Crippen molar-refractivity contribution in [3.63, 3.8) is 0 Å². The molecule has 0 aromatic heterocycles. The van der Waals surface area contributed by atoms with Gasteiger partial charge in [0.1, 0.15) is 23.9 Å². The number of carboxylic acid groups (broad SMARTS) is 1. The highest BCUT2D eigenvalue weighted by atomic mass is 16.4. The van der Waals surface area contributed by atoms with Gasteiger partial charge in [0.2, 0.25) is 17.7 Å². The minimum atomic E-state index is -1.18. The van der Waals surface area contributed by atoms with Gasteiger partial charge in [-0.05, 0) is 42.0 Å². The number of hydrogen-bond acceptors (Lipinski definition) is 7. The van der Waals surface area contributed by atoms with E-state index in [1.807, 2.05) is 13.0 Å². The number of benzene rings is 2. The minimum Gasteiger partial charge on any atom is -0.508 e. The normalized spacial score (nSPS) is 14.3. The lowest BCUT2D eigenvalue weighted by molar-refractivity contribution is -0.143. The molecule has 234 valence electrons. The largest absolute Gasteiger partial charge is 0.508 e. The number of amides is 3. The number of aliphatic imine (C=N–C) groups is 1. The zero-order chi connectivity index (χ0) is 31.9. The van der Waals surface area contributed by atoms with Crippen LogP contribution in [0.1, 0.15) is 44.2 Å². The fraction of sp³-hybridized carbons (Fsp3) is 0.433. The van der Waals surface area contributed by atoms with Crippen LogP contribution >= 0.6 is 0 Å². The van der Waals surface area contributed by atoms with Gasteiger partial charge in [-0.1, -0.05) is 62.7 Å². The Morgan fingerprint density at radius 2 is 1.37 bits per heavy atom. The van der Waals surface area contributed by atoms with E-state index in [0.717, 1.165) is 5.56 Å². The molecule has 2 aromatic rings. The molecule has 0 fully saturated rings. The predicted molar refractivity (Wildman–Crippen MR) is 163 cm³/mol. The van der Waals surface area contributed by atoms with Gasteiger partial charge in [0.05, 0.1) is 6.04 Å². The van der Waals surface area contributed by atoms with E-state index in [1.54, 1.807) is 43.3 Å². The maximum atomic E-state index is 13.7. The summed E-state index contributed by atoms with van der Waals surface area (Å²) in [6.07, 6.45) is 1.31. The fourth-order valence-corrected chi connectivity index (χ4v) is 4.27. The van der Waals surface area contributed by atoms with Crippen molar-refractivity contribution in [2.75, 3.05) is 6.54 Å². The first-order valence-electron chi connectivity index (χ1n) is 14.2. The first kappa shape index (κ1) is 34.6. The molecule has 11 N–H and O–H groups in total. The van der Waals surface area contributed by atoms with Gasteiger partial charge in [-0.25, -0.2) is 4.79 Å². The minimum absolute atomic E-state index is 0.0306. The molecule has 0 bridgehead atoms. The van der Waals surface area contributed by atoms with Crippen LogP contribution in [0.3, 0.4) is 0 Å². The molecule has 5 atom stereocenters. The van der Waals surface area contributed by atoms with Crippen LogP contribution < -0.4 is 33.2 Å². The van der Waals surface area contributed by atoms with E-state index in [1.165, 1.54) is 12.1 Å². The molecule has 0 spiro atoms. The Morgan fingerprint density at radius 3 is 1.91 bits per heavy atom. The van der Waals surface area contributed by atoms with Crippen molar-refractivity contribution in [2.24, 2.45) is 28.1 Å². The Balaban J connectivity index is 2.29. The number of phenols is 1. The lowest BCUT2D eigenvalue weighted by Crippen LogP contribution is -2.58. The summed E-state index contributed by atoms with van der Waals surface area (Å²) < 4.78 is 0. The molecule has 3 amide bonds. The van der Waals surface area contributed by atoms with E-state index in [2.05, 4.69) is 20.9 Å². The Kier molecular flexibility index (Phi) is 13.9. The van der Waals surface area contributed by atoms with Crippen LogP contribution in [0.25, 0.3) is 0 Å². The third kappa shape index (κ3) is 12.0. The molecule has 2 aromatic carbocycles. The van der Waals surface area contributed by atoms with Gasteiger partial charge < -0.3 is 43.4 Å². The van der Waals surface area contributed by atoms with Gasteiger partial charge in [-0.2, -0.15) is 0 Å². The zero-order valence-corrected chi connectivity index (χ0v) is 24.5. The van der Waals surface area contributed by atoms with Crippen LogP contribution in [0.4, 0.5) is 0 Å². The first-order chi connectivity index (χ1) is 20.4. The van der Waals surface area contributed by atoms with Gasteiger partial charge in [0.15, 0.2) is 5.96 Å². The summed E-state index contributed by atoms with van der Waals surface area (Å²) in [7, 11) is 0. The van der Waals surface area contributed by atoms with Crippen molar-refractivity contribution < 1.29 is 29.4 Å². The van der Waals surface area contributed by atoms with Crippen molar-refractivity contribution >= 4 is 29.7 Å². The maximum absolute atomic E-state index is 13.7. The molecule has 0 saturated heterocycles. The molecule has 0 heterocycles. The number of aliphatic carboxylic acids is 1. The molecular formula is C30H43N7O6. The summed E-state index contributed by atoms with van der Waals surface area (Å²) in [6.45, 7) is 3.82. The van der Waals surface area contributed by atoms with Crippen molar-refractivity contribution in [2.45, 2.75) is 70.1 Å². The smallest absolute Gasteiger partial charge is 0.326 e. The number of nitrogens with one attached hydrogen (secondary N) is 3. The maximum Gasteiger partial charge on any atom is 0.326 e. The van der Waals surface area contributed by atoms with Gasteiger partial charge in [0, 0.05) is 19.4 Å². The summed E-state index contributed by atoms with van der Waals surface area (Å²) in [6, 6.07) is 10.7. The standard InChI is InChI=1S/C30H43N7O6/c1-3-18(2)25(29(42)43)37-28(41)24(16-19-8-5-4-6-9-19)36-27(40)23(17-20-11-13-21(38)14-12-20)35-26(39)22(31)10-7-15-34-30(32)33/h4-6,8-9,11-14,18,22-25,38H,3,7,10,15-17,31H2,1-2H3,(H,35,39)(H,36,40)(H,37,41)(H,42,43)(H4,32,33,34). The van der Waals surface area contributed by atoms with E-state index in [-0.39, 0.29) is 43.4 Å². The molecule has 0 aliphatic heterocycles. The average molecular weight is 598 g/mol. The highest BCUT2D eigenvalue weighted by Gasteiger charge is 2.32. The summed E-state index contributed by atoms with van der Waals surface area (Å²) in [4.78, 5) is 55.8. The number of carbonyl (C=O) groups is 4. The summed E-state index contributed by atoms with van der Waals surface area (Å²) in [5.41, 5.74) is 18.1. The summed E-state index contributed by atoms with van der Waals surface area (Å²) in [5, 5.41) is 27.3. The second-order valence-corrected chi connectivity index (χ2v) is 10.4. The van der Waals surface area contributed by atoms with E-state index >= 15 is 0 Å². The van der Waals surface area contributed by atoms with Crippen LogP contribution in [0.15, 0.2) is 59.6 Å². The predicted octanol–water partition coefficient (Wildman–Crippen LogP) is 0.143. The molecular weight excluding hydrogens is 554 g/mol. The van der Waals surface area contributed by atoms with Gasteiger partial charge in [0.25, 0.3) is 0 Å². The van der Waals surface area contributed by atoms with Crippen molar-refractivity contribution in [1.29, 1.82) is 0 Å². The number of carboxylic acids is 1. The molecule has 0 aliphatic rings. The second-order valence-electron chi connectivity index (χ2n) is 10.4. The van der Waals surface area contributed by atoms with Crippen LogP contribution in [0.5, 0.6) is 5.75 Å². The van der Waals surface area contributed by atoms with Crippen LogP contribution in [0, 0.1) is 5.92 Å². The molecule has 13 nitrogen and oxygen atoms in total. The number of guanidine groups is 1. The van der Waals surface area contributed by atoms with E-state index in [0.29, 0.717) is 18.4 Å². The lowest BCUT2D eigenvalue weighted by Gasteiger charge is -2.27. The number of rotatable bonds is 17. The average Bonchev–Trinajstić information content (AvgIpc) is 2.97. The molecule has 0 aliphatic carbocycles. The third-order valence-electron chi connectivity index (χ3n) is 7.01. The number of nitrogens with zero attached hydrogens (tertiary/aromatic N) is 1. The van der Waals surface area contributed by atoms with Gasteiger partial charge >= 0.3 is 5.97 Å². The van der Waals surface area contributed by atoms with Crippen molar-refractivity contribution in [3.05, 3.63) is 65.7 Å². The van der Waals surface area contributed by atoms with E-state index < -0.39 is 47.9 Å².